The molecule has 0 unspecified atom stereocenters. The predicted molar refractivity (Wildman–Crippen MR) is 133 cm³/mol. The second-order valence-electron chi connectivity index (χ2n) is 9.09. The zero-order valence-electron chi connectivity index (χ0n) is 19.8. The fraction of sp³-hybridized carbons (Fsp3) is 0.241. The van der Waals surface area contributed by atoms with E-state index in [1.54, 1.807) is 24.3 Å². The van der Waals surface area contributed by atoms with Gasteiger partial charge in [0.1, 0.15) is 0 Å². The summed E-state index contributed by atoms with van der Waals surface area (Å²) in [6, 6.07) is 18.5. The summed E-state index contributed by atoms with van der Waals surface area (Å²) in [7, 11) is 1.49. The minimum Gasteiger partial charge on any atom is -0.277 e. The Morgan fingerprint density at radius 2 is 1.00 bits per heavy atom. The second kappa shape index (κ2) is 8.95. The molecule has 176 valence electrons. The topological polar surface area (TPSA) is 74.8 Å². The summed E-state index contributed by atoms with van der Waals surface area (Å²) in [5.74, 6) is -1.00. The molecule has 0 aromatic heterocycles. The van der Waals surface area contributed by atoms with E-state index in [0.717, 1.165) is 52.8 Å². The van der Waals surface area contributed by atoms with Gasteiger partial charge in [-0.1, -0.05) is 62.6 Å². The number of fused-ring (bicyclic) bond motifs is 2. The number of imide groups is 2. The number of carbonyl (C=O) groups excluding carboxylic acids is 4. The summed E-state index contributed by atoms with van der Waals surface area (Å²) in [6.07, 6.45) is 4.03. The lowest BCUT2D eigenvalue weighted by Gasteiger charge is -2.13. The van der Waals surface area contributed by atoms with Crippen molar-refractivity contribution in [2.75, 3.05) is 13.6 Å². The standard InChI is InChI=1S/C29H26N2O4/c1-3-4-5-6-15-31-28(34)23-14-12-21(17-25(23)29(31)35)19-9-7-18(8-10-19)20-11-13-22-24(16-20)27(33)30(2)26(22)32/h7-14,16-17H,3-6,15H2,1-2H3. The maximum absolute atomic E-state index is 12.9. The van der Waals surface area contributed by atoms with Gasteiger partial charge in [-0.2, -0.15) is 0 Å². The quantitative estimate of drug-likeness (QED) is 0.344. The number of amides is 4. The van der Waals surface area contributed by atoms with Crippen LogP contribution in [0, 0.1) is 0 Å². The van der Waals surface area contributed by atoms with Gasteiger partial charge in [0.2, 0.25) is 0 Å². The zero-order chi connectivity index (χ0) is 24.7. The third-order valence-corrected chi connectivity index (χ3v) is 6.85. The molecule has 35 heavy (non-hydrogen) atoms. The average molecular weight is 467 g/mol. The van der Waals surface area contributed by atoms with Crippen molar-refractivity contribution in [1.82, 2.24) is 9.80 Å². The van der Waals surface area contributed by atoms with E-state index in [1.165, 1.54) is 11.9 Å². The minimum absolute atomic E-state index is 0.210. The van der Waals surface area contributed by atoms with Crippen molar-refractivity contribution >= 4 is 23.6 Å². The zero-order valence-corrected chi connectivity index (χ0v) is 19.8. The number of benzene rings is 3. The summed E-state index contributed by atoms with van der Waals surface area (Å²) in [6.45, 7) is 2.59. The number of rotatable bonds is 7. The molecule has 2 aliphatic heterocycles. The van der Waals surface area contributed by atoms with E-state index in [1.807, 2.05) is 36.4 Å². The van der Waals surface area contributed by atoms with Crippen LogP contribution in [-0.2, 0) is 0 Å². The highest BCUT2D eigenvalue weighted by Crippen LogP contribution is 2.32. The van der Waals surface area contributed by atoms with Crippen LogP contribution in [0.1, 0.15) is 74.0 Å². The summed E-state index contributed by atoms with van der Waals surface area (Å²) >= 11 is 0. The molecule has 6 heteroatoms. The van der Waals surface area contributed by atoms with Crippen LogP contribution in [0.4, 0.5) is 0 Å². The van der Waals surface area contributed by atoms with E-state index in [9.17, 15) is 19.2 Å². The van der Waals surface area contributed by atoms with Crippen LogP contribution in [0.2, 0.25) is 0 Å². The highest BCUT2D eigenvalue weighted by molar-refractivity contribution is 6.22. The van der Waals surface area contributed by atoms with E-state index in [4.69, 9.17) is 0 Å². The molecule has 0 bridgehead atoms. The molecule has 3 aromatic carbocycles. The summed E-state index contributed by atoms with van der Waals surface area (Å²) < 4.78 is 0. The molecule has 0 N–H and O–H groups in total. The molecular formula is C29H26N2O4. The molecule has 0 radical (unpaired) electrons. The Balaban J connectivity index is 1.37. The van der Waals surface area contributed by atoms with Crippen molar-refractivity contribution < 1.29 is 19.2 Å². The molecule has 0 aliphatic carbocycles. The lowest BCUT2D eigenvalue weighted by atomic mass is 9.96. The van der Waals surface area contributed by atoms with Crippen LogP contribution in [0.5, 0.6) is 0 Å². The molecule has 3 aromatic rings. The molecule has 2 heterocycles. The maximum Gasteiger partial charge on any atom is 0.261 e. The Morgan fingerprint density at radius 3 is 1.57 bits per heavy atom. The highest BCUT2D eigenvalue weighted by Gasteiger charge is 2.35. The normalized spacial score (nSPS) is 14.7. The van der Waals surface area contributed by atoms with Crippen LogP contribution in [0.15, 0.2) is 60.7 Å². The highest BCUT2D eigenvalue weighted by atomic mass is 16.2. The number of hydrogen-bond acceptors (Lipinski definition) is 4. The van der Waals surface area contributed by atoms with Gasteiger partial charge in [0.15, 0.2) is 0 Å². The van der Waals surface area contributed by atoms with Crippen molar-refractivity contribution in [3.63, 3.8) is 0 Å². The van der Waals surface area contributed by atoms with Gasteiger partial charge in [-0.05, 0) is 52.9 Å². The molecule has 0 spiro atoms. The number of carbonyl (C=O) groups is 4. The molecular weight excluding hydrogens is 440 g/mol. The fourth-order valence-corrected chi connectivity index (χ4v) is 4.77. The largest absolute Gasteiger partial charge is 0.277 e. The molecule has 5 rings (SSSR count). The number of hydrogen-bond donors (Lipinski definition) is 0. The third-order valence-electron chi connectivity index (χ3n) is 6.85. The van der Waals surface area contributed by atoms with Crippen molar-refractivity contribution in [3.05, 3.63) is 82.9 Å². The predicted octanol–water partition coefficient (Wildman–Crippen LogP) is 5.42. The van der Waals surface area contributed by atoms with Crippen molar-refractivity contribution in [2.24, 2.45) is 0 Å². The van der Waals surface area contributed by atoms with Crippen LogP contribution in [0.25, 0.3) is 22.3 Å². The summed E-state index contributed by atoms with van der Waals surface area (Å²) in [4.78, 5) is 52.6. The smallest absolute Gasteiger partial charge is 0.261 e. The van der Waals surface area contributed by atoms with Gasteiger partial charge in [-0.3, -0.25) is 29.0 Å². The minimum atomic E-state index is -0.291. The first-order valence-electron chi connectivity index (χ1n) is 12.0. The number of nitrogens with zero attached hydrogens (tertiary/aromatic N) is 2. The Labute approximate surface area is 204 Å². The molecule has 6 nitrogen and oxygen atoms in total. The summed E-state index contributed by atoms with van der Waals surface area (Å²) in [5, 5.41) is 0. The Hall–Kier alpha value is -4.06. The maximum atomic E-state index is 12.9. The first kappa shape index (κ1) is 22.7. The van der Waals surface area contributed by atoms with Crippen LogP contribution in [-0.4, -0.2) is 47.0 Å². The van der Waals surface area contributed by atoms with Gasteiger partial charge < -0.3 is 0 Å². The molecule has 2 aliphatic rings. The second-order valence-corrected chi connectivity index (χ2v) is 9.09. The van der Waals surface area contributed by atoms with E-state index < -0.39 is 0 Å². The van der Waals surface area contributed by atoms with E-state index in [0.29, 0.717) is 28.8 Å². The first-order valence-corrected chi connectivity index (χ1v) is 12.0. The summed E-state index contributed by atoms with van der Waals surface area (Å²) in [5.41, 5.74) is 5.31. The first-order chi connectivity index (χ1) is 16.9. The van der Waals surface area contributed by atoms with Crippen molar-refractivity contribution in [2.45, 2.75) is 32.6 Å². The van der Waals surface area contributed by atoms with E-state index in [2.05, 4.69) is 6.92 Å². The average Bonchev–Trinajstić information content (AvgIpc) is 3.25. The Kier molecular flexibility index (Phi) is 5.81. The van der Waals surface area contributed by atoms with Gasteiger partial charge >= 0.3 is 0 Å². The SMILES string of the molecule is CCCCCCN1C(=O)c2ccc(-c3ccc(-c4ccc5c(c4)C(=O)N(C)C5=O)cc3)cc2C1=O. The van der Waals surface area contributed by atoms with E-state index >= 15 is 0 Å². The van der Waals surface area contributed by atoms with Gasteiger partial charge in [0.05, 0.1) is 22.3 Å². The molecule has 0 fully saturated rings. The number of unbranched alkanes of at least 4 members (excludes halogenated alkanes) is 3. The van der Waals surface area contributed by atoms with Gasteiger partial charge in [0, 0.05) is 13.6 Å². The third kappa shape index (κ3) is 3.85. The van der Waals surface area contributed by atoms with Crippen LogP contribution in [0.3, 0.4) is 0 Å². The lowest BCUT2D eigenvalue weighted by Crippen LogP contribution is -2.30. The lowest BCUT2D eigenvalue weighted by molar-refractivity contribution is 0.0646. The molecule has 0 atom stereocenters. The molecule has 0 saturated heterocycles. The van der Waals surface area contributed by atoms with Gasteiger partial charge in [-0.25, -0.2) is 0 Å². The van der Waals surface area contributed by atoms with Gasteiger partial charge in [-0.15, -0.1) is 0 Å². The molecule has 4 amide bonds. The van der Waals surface area contributed by atoms with Crippen molar-refractivity contribution in [3.8, 4) is 22.3 Å². The van der Waals surface area contributed by atoms with Crippen LogP contribution >= 0.6 is 0 Å². The Bertz CT molecular complexity index is 1370. The van der Waals surface area contributed by atoms with Crippen molar-refractivity contribution in [1.29, 1.82) is 0 Å². The van der Waals surface area contributed by atoms with E-state index in [-0.39, 0.29) is 23.6 Å². The Morgan fingerprint density at radius 1 is 0.543 bits per heavy atom. The molecule has 0 saturated carbocycles. The monoisotopic (exact) mass is 466 g/mol. The van der Waals surface area contributed by atoms with Gasteiger partial charge in [0.25, 0.3) is 23.6 Å². The van der Waals surface area contributed by atoms with Crippen LogP contribution < -0.4 is 0 Å². The fourth-order valence-electron chi connectivity index (χ4n) is 4.77.